The Kier molecular flexibility index (Phi) is 7.75. The quantitative estimate of drug-likeness (QED) is 0.307. The van der Waals surface area contributed by atoms with Crippen LogP contribution in [0.4, 0.5) is 10.1 Å². The van der Waals surface area contributed by atoms with Gasteiger partial charge in [0.2, 0.25) is 17.7 Å². The number of carbonyl (C=O) groups is 4. The van der Waals surface area contributed by atoms with Gasteiger partial charge in [0.15, 0.2) is 0 Å². The largest absolute Gasteiger partial charge is 0.462 e. The van der Waals surface area contributed by atoms with Crippen molar-refractivity contribution in [3.05, 3.63) is 80.0 Å². The van der Waals surface area contributed by atoms with Crippen molar-refractivity contribution < 1.29 is 28.3 Å². The van der Waals surface area contributed by atoms with Crippen molar-refractivity contribution in [1.29, 1.82) is 0 Å². The van der Waals surface area contributed by atoms with Gasteiger partial charge in [-0.15, -0.1) is 0 Å². The molecule has 0 aliphatic carbocycles. The molecule has 3 aliphatic rings. The normalized spacial score (nSPS) is 21.7. The van der Waals surface area contributed by atoms with E-state index in [9.17, 15) is 28.4 Å². The molecule has 6 rings (SSSR count). The lowest BCUT2D eigenvalue weighted by Crippen LogP contribution is -2.39. The number of anilines is 1. The summed E-state index contributed by atoms with van der Waals surface area (Å²) >= 11 is 2.09. The summed E-state index contributed by atoms with van der Waals surface area (Å²) in [6, 6.07) is 11.8. The van der Waals surface area contributed by atoms with Gasteiger partial charge in [0, 0.05) is 23.9 Å². The van der Waals surface area contributed by atoms with Crippen molar-refractivity contribution in [3.8, 4) is 0 Å². The molecular weight excluding hydrogens is 581 g/mol. The minimum atomic E-state index is -0.866. The number of thioether (sulfide) groups is 1. The zero-order valence-electron chi connectivity index (χ0n) is 22.8. The van der Waals surface area contributed by atoms with Gasteiger partial charge in [-0.05, 0) is 68.1 Å². The summed E-state index contributed by atoms with van der Waals surface area (Å²) in [5.41, 5.74) is 1.21. The molecular formula is C30H28FN3O6S2. The number of likely N-dealkylation sites (tertiary alicyclic amines) is 1. The number of thiazole rings is 1. The van der Waals surface area contributed by atoms with Gasteiger partial charge in [-0.2, -0.15) is 0 Å². The number of aromatic nitrogens is 1. The SMILES string of the molecule is CCOC(=O)c1ccc(N2C(=O)[C@@H]3[C@H](c4ccc(F)cc4)c4sc(=O)n(CC(=O)N5CCCCC5)c4S[C@@H]3C2=O)cc1. The van der Waals surface area contributed by atoms with Crippen LogP contribution in [0.25, 0.3) is 0 Å². The van der Waals surface area contributed by atoms with Crippen LogP contribution in [0.1, 0.15) is 52.9 Å². The van der Waals surface area contributed by atoms with E-state index in [4.69, 9.17) is 4.74 Å². The highest BCUT2D eigenvalue weighted by molar-refractivity contribution is 8.00. The number of carbonyl (C=O) groups excluding carboxylic acids is 4. The Balaban J connectivity index is 1.38. The second kappa shape index (κ2) is 11.5. The van der Waals surface area contributed by atoms with Crippen molar-refractivity contribution in [2.75, 3.05) is 24.6 Å². The second-order valence-corrected chi connectivity index (χ2v) is 12.6. The lowest BCUT2D eigenvalue weighted by atomic mass is 9.83. The standard InChI is InChI=1S/C30H28FN3O6S2/c1-2-40-29(38)18-8-12-20(13-9-18)34-26(36)23-22(17-6-10-19(31)11-7-17)25-28(41-24(23)27(34)37)33(30(39)42-25)16-21(35)32-14-4-3-5-15-32/h6-13,22-24H,2-5,14-16H2,1H3/t22-,23+,24-/m0/s1. The molecule has 0 spiro atoms. The Morgan fingerprint density at radius 2 is 1.64 bits per heavy atom. The number of rotatable bonds is 6. The summed E-state index contributed by atoms with van der Waals surface area (Å²) in [4.78, 5) is 69.5. The van der Waals surface area contributed by atoms with Gasteiger partial charge in [-0.3, -0.25) is 23.7 Å². The molecule has 42 heavy (non-hydrogen) atoms. The van der Waals surface area contributed by atoms with Crippen LogP contribution in [0.2, 0.25) is 0 Å². The maximum absolute atomic E-state index is 14.0. The summed E-state index contributed by atoms with van der Waals surface area (Å²) in [6.45, 7) is 3.06. The fourth-order valence-electron chi connectivity index (χ4n) is 5.88. The summed E-state index contributed by atoms with van der Waals surface area (Å²) in [7, 11) is 0. The number of halogens is 1. The number of hydrogen-bond acceptors (Lipinski definition) is 8. The maximum atomic E-state index is 14.0. The van der Waals surface area contributed by atoms with Gasteiger partial charge in [0.1, 0.15) is 17.6 Å². The maximum Gasteiger partial charge on any atom is 0.338 e. The number of benzene rings is 2. The van der Waals surface area contributed by atoms with Crippen LogP contribution in [0.5, 0.6) is 0 Å². The third-order valence-corrected chi connectivity index (χ3v) is 10.5. The number of imide groups is 1. The first kappa shape index (κ1) is 28.4. The molecule has 1 aromatic heterocycles. The van der Waals surface area contributed by atoms with Crippen molar-refractivity contribution in [1.82, 2.24) is 9.47 Å². The fraction of sp³-hybridized carbons (Fsp3) is 0.367. The van der Waals surface area contributed by atoms with E-state index < -0.39 is 40.7 Å². The Morgan fingerprint density at radius 3 is 2.31 bits per heavy atom. The average Bonchev–Trinajstić information content (AvgIpc) is 3.44. The van der Waals surface area contributed by atoms with Crippen molar-refractivity contribution in [2.24, 2.45) is 5.92 Å². The molecule has 2 saturated heterocycles. The fourth-order valence-corrected chi connectivity index (χ4v) is 8.65. The number of amides is 3. The molecule has 0 saturated carbocycles. The third-order valence-electron chi connectivity index (χ3n) is 7.92. The van der Waals surface area contributed by atoms with E-state index in [1.807, 2.05) is 0 Å². The van der Waals surface area contributed by atoms with Gasteiger partial charge in [-0.1, -0.05) is 35.2 Å². The predicted molar refractivity (Wildman–Crippen MR) is 155 cm³/mol. The monoisotopic (exact) mass is 609 g/mol. The van der Waals surface area contributed by atoms with Crippen LogP contribution in [0, 0.1) is 11.7 Å². The molecule has 2 aromatic carbocycles. The Labute approximate surface area is 249 Å². The van der Waals surface area contributed by atoms with E-state index in [0.717, 1.165) is 47.3 Å². The zero-order valence-corrected chi connectivity index (χ0v) is 24.4. The van der Waals surface area contributed by atoms with Gasteiger partial charge < -0.3 is 9.64 Å². The summed E-state index contributed by atoms with van der Waals surface area (Å²) in [5, 5.41) is -0.373. The molecule has 0 radical (unpaired) electrons. The number of hydrogen-bond donors (Lipinski definition) is 0. The molecule has 4 heterocycles. The smallest absolute Gasteiger partial charge is 0.338 e. The van der Waals surface area contributed by atoms with E-state index in [-0.39, 0.29) is 23.9 Å². The first-order valence-corrected chi connectivity index (χ1v) is 15.6. The molecule has 3 aliphatic heterocycles. The van der Waals surface area contributed by atoms with Crippen LogP contribution < -0.4 is 9.77 Å². The highest BCUT2D eigenvalue weighted by Gasteiger charge is 2.56. The molecule has 12 heteroatoms. The lowest BCUT2D eigenvalue weighted by molar-refractivity contribution is -0.133. The molecule has 2 fully saturated rings. The van der Waals surface area contributed by atoms with E-state index in [2.05, 4.69) is 0 Å². The van der Waals surface area contributed by atoms with Gasteiger partial charge in [0.05, 0.1) is 28.8 Å². The third kappa shape index (κ3) is 4.96. The first-order valence-electron chi connectivity index (χ1n) is 13.9. The van der Waals surface area contributed by atoms with Crippen molar-refractivity contribution >= 4 is 52.5 Å². The van der Waals surface area contributed by atoms with Crippen LogP contribution in [0.3, 0.4) is 0 Å². The minimum Gasteiger partial charge on any atom is -0.462 e. The first-order chi connectivity index (χ1) is 20.3. The van der Waals surface area contributed by atoms with Crippen LogP contribution >= 0.6 is 23.1 Å². The van der Waals surface area contributed by atoms with E-state index >= 15 is 0 Å². The molecule has 3 atom stereocenters. The Morgan fingerprint density at radius 1 is 0.952 bits per heavy atom. The Bertz CT molecular complexity index is 1610. The number of nitrogens with zero attached hydrogens (tertiary/aromatic N) is 3. The van der Waals surface area contributed by atoms with Gasteiger partial charge in [0.25, 0.3) is 0 Å². The number of piperidine rings is 1. The summed E-state index contributed by atoms with van der Waals surface area (Å²) < 4.78 is 20.4. The van der Waals surface area contributed by atoms with Crippen molar-refractivity contribution in [2.45, 2.75) is 48.9 Å². The number of esters is 1. The van der Waals surface area contributed by atoms with E-state index in [1.165, 1.54) is 41.0 Å². The van der Waals surface area contributed by atoms with E-state index in [1.54, 1.807) is 24.0 Å². The van der Waals surface area contributed by atoms with Crippen molar-refractivity contribution in [3.63, 3.8) is 0 Å². The molecule has 9 nitrogen and oxygen atoms in total. The van der Waals surface area contributed by atoms with Crippen LogP contribution in [-0.2, 0) is 25.7 Å². The molecule has 3 aromatic rings. The predicted octanol–water partition coefficient (Wildman–Crippen LogP) is 4.03. The summed E-state index contributed by atoms with van der Waals surface area (Å²) in [6.07, 6.45) is 2.90. The Hall–Kier alpha value is -3.77. The average molecular weight is 610 g/mol. The van der Waals surface area contributed by atoms with E-state index in [0.29, 0.717) is 39.8 Å². The highest BCUT2D eigenvalue weighted by atomic mass is 32.2. The highest BCUT2D eigenvalue weighted by Crippen LogP contribution is 2.53. The van der Waals surface area contributed by atoms with Gasteiger partial charge >= 0.3 is 10.8 Å². The topological polar surface area (TPSA) is 106 Å². The zero-order chi connectivity index (χ0) is 29.5. The van der Waals surface area contributed by atoms with Gasteiger partial charge in [-0.25, -0.2) is 14.1 Å². The second-order valence-electron chi connectivity index (χ2n) is 10.4. The van der Waals surface area contributed by atoms with Crippen LogP contribution in [-0.4, -0.2) is 58.1 Å². The van der Waals surface area contributed by atoms with Crippen LogP contribution in [0.15, 0.2) is 58.4 Å². The molecule has 218 valence electrons. The number of fused-ring (bicyclic) bond motifs is 2. The molecule has 0 unspecified atom stereocenters. The molecule has 3 amide bonds. The molecule has 0 N–H and O–H groups in total. The molecule has 0 bridgehead atoms. The summed E-state index contributed by atoms with van der Waals surface area (Å²) in [5.74, 6) is -3.55. The minimum absolute atomic E-state index is 0.146. The number of ether oxygens (including phenoxy) is 1. The lowest BCUT2D eigenvalue weighted by Gasteiger charge is -2.31.